The van der Waals surface area contributed by atoms with E-state index in [0.717, 1.165) is 26.3 Å². The number of nitrogens with one attached hydrogen (secondary N) is 2. The molecule has 2 N–H and O–H groups in total. The molecule has 1 atom stereocenters. The summed E-state index contributed by atoms with van der Waals surface area (Å²) in [6.07, 6.45) is 0. The highest BCUT2D eigenvalue weighted by Gasteiger charge is 2.17. The second kappa shape index (κ2) is 7.61. The molecule has 2 amide bonds. The van der Waals surface area contributed by atoms with E-state index >= 15 is 0 Å². The van der Waals surface area contributed by atoms with Crippen molar-refractivity contribution in [3.63, 3.8) is 0 Å². The van der Waals surface area contributed by atoms with Gasteiger partial charge in [-0.05, 0) is 26.0 Å². The summed E-state index contributed by atoms with van der Waals surface area (Å²) in [5.41, 5.74) is 0. The summed E-state index contributed by atoms with van der Waals surface area (Å²) in [5.74, 6) is 0. The Morgan fingerprint density at radius 1 is 1.40 bits per heavy atom. The average molecular weight is 297 g/mol. The zero-order valence-corrected chi connectivity index (χ0v) is 13.0. The molecule has 0 bridgehead atoms. The molecule has 112 valence electrons. The Hall–Kier alpha value is -1.11. The van der Waals surface area contributed by atoms with Crippen molar-refractivity contribution < 1.29 is 9.53 Å². The lowest BCUT2D eigenvalue weighted by molar-refractivity contribution is 0.0209. The molecule has 20 heavy (non-hydrogen) atoms. The predicted octanol–water partition coefficient (Wildman–Crippen LogP) is 1.58. The molecule has 1 aliphatic rings. The summed E-state index contributed by atoms with van der Waals surface area (Å²) in [4.78, 5) is 16.5. The maximum absolute atomic E-state index is 11.7. The number of aryl methyl sites for hydroxylation is 1. The predicted molar refractivity (Wildman–Crippen MR) is 81.1 cm³/mol. The molecule has 1 unspecified atom stereocenters. The molecule has 1 aromatic rings. The molecule has 1 aromatic heterocycles. The van der Waals surface area contributed by atoms with Gasteiger partial charge in [-0.15, -0.1) is 11.3 Å². The summed E-state index contributed by atoms with van der Waals surface area (Å²) in [5, 5.41) is 5.82. The summed E-state index contributed by atoms with van der Waals surface area (Å²) in [6.45, 7) is 8.92. The third kappa shape index (κ3) is 4.77. The lowest BCUT2D eigenvalue weighted by Gasteiger charge is -2.32. The molecule has 6 heteroatoms. The number of carbonyl (C=O) groups excluding carboxylic acids is 1. The monoisotopic (exact) mass is 297 g/mol. The van der Waals surface area contributed by atoms with Crippen LogP contribution in [0.4, 0.5) is 4.79 Å². The molecule has 0 spiro atoms. The van der Waals surface area contributed by atoms with E-state index < -0.39 is 0 Å². The Labute approximate surface area is 124 Å². The highest BCUT2D eigenvalue weighted by atomic mass is 32.1. The van der Waals surface area contributed by atoms with Crippen LogP contribution in [-0.4, -0.2) is 49.8 Å². The molecule has 2 rings (SSSR count). The number of rotatable bonds is 5. The largest absolute Gasteiger partial charge is 0.379 e. The van der Waals surface area contributed by atoms with Gasteiger partial charge >= 0.3 is 6.03 Å². The van der Waals surface area contributed by atoms with Gasteiger partial charge in [0.25, 0.3) is 0 Å². The second-order valence-corrected chi connectivity index (χ2v) is 6.45. The van der Waals surface area contributed by atoms with Gasteiger partial charge in [-0.3, -0.25) is 4.90 Å². The molecule has 0 aromatic carbocycles. The summed E-state index contributed by atoms with van der Waals surface area (Å²) in [7, 11) is 0. The van der Waals surface area contributed by atoms with Crippen molar-refractivity contribution in [2.24, 2.45) is 0 Å². The second-order valence-electron chi connectivity index (χ2n) is 5.07. The number of thiophene rings is 1. The van der Waals surface area contributed by atoms with Crippen molar-refractivity contribution in [3.8, 4) is 0 Å². The van der Waals surface area contributed by atoms with Crippen LogP contribution in [0.15, 0.2) is 12.1 Å². The molecule has 1 saturated heterocycles. The van der Waals surface area contributed by atoms with E-state index in [-0.39, 0.29) is 6.03 Å². The zero-order valence-electron chi connectivity index (χ0n) is 12.1. The van der Waals surface area contributed by atoms with E-state index in [2.05, 4.69) is 41.5 Å². The number of ether oxygens (including phenoxy) is 1. The normalized spacial score (nSPS) is 17.7. The first-order valence-corrected chi connectivity index (χ1v) is 7.85. The van der Waals surface area contributed by atoms with E-state index in [1.165, 1.54) is 9.75 Å². The minimum absolute atomic E-state index is 0.101. The van der Waals surface area contributed by atoms with Gasteiger partial charge in [-0.1, -0.05) is 0 Å². The van der Waals surface area contributed by atoms with Gasteiger partial charge in [0.15, 0.2) is 0 Å². The number of morpholine rings is 1. The first kappa shape index (κ1) is 15.3. The van der Waals surface area contributed by atoms with Gasteiger partial charge in [0.1, 0.15) is 0 Å². The quantitative estimate of drug-likeness (QED) is 0.867. The van der Waals surface area contributed by atoms with E-state index in [1.54, 1.807) is 11.3 Å². The van der Waals surface area contributed by atoms with Crippen molar-refractivity contribution in [3.05, 3.63) is 21.9 Å². The molecule has 1 fully saturated rings. The van der Waals surface area contributed by atoms with E-state index in [1.807, 2.05) is 0 Å². The molecular formula is C14H23N3O2S. The molecule has 0 saturated carbocycles. The van der Waals surface area contributed by atoms with Crippen LogP contribution >= 0.6 is 11.3 Å². The van der Waals surface area contributed by atoms with Crippen LogP contribution in [-0.2, 0) is 11.3 Å². The van der Waals surface area contributed by atoms with Gasteiger partial charge in [-0.25, -0.2) is 4.79 Å². The number of hydrogen-bond donors (Lipinski definition) is 2. The van der Waals surface area contributed by atoms with Gasteiger partial charge in [0.2, 0.25) is 0 Å². The Morgan fingerprint density at radius 3 is 2.80 bits per heavy atom. The average Bonchev–Trinajstić information content (AvgIpc) is 2.89. The maximum atomic E-state index is 11.7. The summed E-state index contributed by atoms with van der Waals surface area (Å²) >= 11 is 1.71. The summed E-state index contributed by atoms with van der Waals surface area (Å²) in [6, 6.07) is 4.36. The minimum atomic E-state index is -0.101. The molecule has 5 nitrogen and oxygen atoms in total. The highest BCUT2D eigenvalue weighted by Crippen LogP contribution is 2.14. The van der Waals surface area contributed by atoms with Crippen LogP contribution in [0, 0.1) is 6.92 Å². The van der Waals surface area contributed by atoms with Crippen molar-refractivity contribution in [2.45, 2.75) is 26.4 Å². The zero-order chi connectivity index (χ0) is 14.4. The van der Waals surface area contributed by atoms with Gasteiger partial charge in [-0.2, -0.15) is 0 Å². The van der Waals surface area contributed by atoms with E-state index in [9.17, 15) is 4.79 Å². The number of hydrogen-bond acceptors (Lipinski definition) is 4. The number of nitrogens with zero attached hydrogens (tertiary/aromatic N) is 1. The van der Waals surface area contributed by atoms with Gasteiger partial charge < -0.3 is 15.4 Å². The maximum Gasteiger partial charge on any atom is 0.315 e. The van der Waals surface area contributed by atoms with E-state index in [0.29, 0.717) is 19.1 Å². The molecular weight excluding hydrogens is 274 g/mol. The number of urea groups is 1. The Kier molecular flexibility index (Phi) is 5.82. The number of carbonyl (C=O) groups is 1. The Bertz CT molecular complexity index is 430. The summed E-state index contributed by atoms with van der Waals surface area (Å²) < 4.78 is 5.32. The van der Waals surface area contributed by atoms with Gasteiger partial charge in [0.05, 0.1) is 19.8 Å². The minimum Gasteiger partial charge on any atom is -0.379 e. The fourth-order valence-electron chi connectivity index (χ4n) is 2.20. The van der Waals surface area contributed by atoms with Crippen molar-refractivity contribution in [2.75, 3.05) is 32.8 Å². The van der Waals surface area contributed by atoms with Gasteiger partial charge in [0, 0.05) is 35.4 Å². The molecule has 1 aliphatic heterocycles. The molecule has 0 aliphatic carbocycles. The van der Waals surface area contributed by atoms with Crippen LogP contribution in [0.25, 0.3) is 0 Å². The van der Waals surface area contributed by atoms with Crippen molar-refractivity contribution >= 4 is 17.4 Å². The molecule has 0 radical (unpaired) electrons. The van der Waals surface area contributed by atoms with Crippen LogP contribution < -0.4 is 10.6 Å². The SMILES string of the molecule is Cc1ccc(CNC(=O)NCC(C)N2CCOCC2)s1. The third-order valence-electron chi connectivity index (χ3n) is 3.45. The third-order valence-corrected chi connectivity index (χ3v) is 4.45. The fourth-order valence-corrected chi connectivity index (χ4v) is 3.03. The first-order chi connectivity index (χ1) is 9.65. The fraction of sp³-hybridized carbons (Fsp3) is 0.643. The number of amides is 2. The first-order valence-electron chi connectivity index (χ1n) is 7.04. The van der Waals surface area contributed by atoms with Crippen LogP contribution in [0.1, 0.15) is 16.7 Å². The lowest BCUT2D eigenvalue weighted by Crippen LogP contribution is -2.48. The lowest BCUT2D eigenvalue weighted by atomic mass is 10.2. The van der Waals surface area contributed by atoms with Crippen LogP contribution in [0.3, 0.4) is 0 Å². The van der Waals surface area contributed by atoms with Crippen LogP contribution in [0.5, 0.6) is 0 Å². The standard InChI is InChI=1S/C14H23N3O2S/c1-11(17-5-7-19-8-6-17)9-15-14(18)16-10-13-4-3-12(2)20-13/h3-4,11H,5-10H2,1-2H3,(H2,15,16,18). The smallest absolute Gasteiger partial charge is 0.315 e. The Balaban J connectivity index is 1.64. The Morgan fingerprint density at radius 2 is 2.15 bits per heavy atom. The van der Waals surface area contributed by atoms with Crippen molar-refractivity contribution in [1.82, 2.24) is 15.5 Å². The van der Waals surface area contributed by atoms with Crippen molar-refractivity contribution in [1.29, 1.82) is 0 Å². The molecule has 2 heterocycles. The topological polar surface area (TPSA) is 53.6 Å². The van der Waals surface area contributed by atoms with E-state index in [4.69, 9.17) is 4.74 Å². The van der Waals surface area contributed by atoms with Crippen LogP contribution in [0.2, 0.25) is 0 Å². The highest BCUT2D eigenvalue weighted by molar-refractivity contribution is 7.11.